The second-order valence-electron chi connectivity index (χ2n) is 9.89. The Kier molecular flexibility index (Phi) is 16.7. The van der Waals surface area contributed by atoms with E-state index in [4.69, 9.17) is 0 Å². The van der Waals surface area contributed by atoms with Gasteiger partial charge in [0.25, 0.3) is 0 Å². The molecule has 0 atom stereocenters. The summed E-state index contributed by atoms with van der Waals surface area (Å²) >= 11 is 0. The van der Waals surface area contributed by atoms with Gasteiger partial charge in [0.1, 0.15) is 11.4 Å². The van der Waals surface area contributed by atoms with Gasteiger partial charge in [-0.25, -0.2) is 0 Å². The molecule has 0 fully saturated rings. The van der Waals surface area contributed by atoms with Crippen molar-refractivity contribution in [3.63, 3.8) is 0 Å². The molecule has 2 aromatic carbocycles. The predicted octanol–water partition coefficient (Wildman–Crippen LogP) is 10.0. The summed E-state index contributed by atoms with van der Waals surface area (Å²) < 4.78 is 0.903. The number of rotatable bonds is 19. The number of para-hydroxylation sites is 2. The van der Waals surface area contributed by atoms with E-state index in [0.29, 0.717) is 0 Å². The highest BCUT2D eigenvalue weighted by Gasteiger charge is 2.27. The van der Waals surface area contributed by atoms with Crippen LogP contribution >= 0.6 is 0 Å². The van der Waals surface area contributed by atoms with E-state index in [9.17, 15) is 0 Å². The summed E-state index contributed by atoms with van der Waals surface area (Å²) in [6, 6.07) is 22.0. The third-order valence-corrected chi connectivity index (χ3v) is 7.11. The molecule has 0 bridgehead atoms. The monoisotopic (exact) mass is 453 g/mol. The van der Waals surface area contributed by atoms with E-state index < -0.39 is 0 Å². The molecule has 1 N–H and O–H groups in total. The molecule has 0 aromatic heterocycles. The zero-order chi connectivity index (χ0) is 22.7. The van der Waals surface area contributed by atoms with Crippen LogP contribution in [0, 0.1) is 0 Å². The predicted molar refractivity (Wildman–Crippen MR) is 147 cm³/mol. The van der Waals surface area contributed by atoms with E-state index >= 15 is 0 Å². The first kappa shape index (κ1) is 29.4. The molecule has 0 saturated heterocycles. The minimum Gasteiger partial charge on any atom is -0.870 e. The van der Waals surface area contributed by atoms with E-state index in [-0.39, 0.29) is 5.48 Å². The Hall–Kier alpha value is -1.64. The summed E-state index contributed by atoms with van der Waals surface area (Å²) in [5.41, 5.74) is 2.78. The lowest BCUT2D eigenvalue weighted by Crippen LogP contribution is -2.40. The van der Waals surface area contributed by atoms with E-state index in [1.165, 1.54) is 121 Å². The first-order valence-corrected chi connectivity index (χ1v) is 13.7. The van der Waals surface area contributed by atoms with Gasteiger partial charge in [-0.3, -0.25) is 4.48 Å². The summed E-state index contributed by atoms with van der Waals surface area (Å²) in [7, 11) is 2.37. The molecule has 0 aliphatic carbocycles. The highest BCUT2D eigenvalue weighted by molar-refractivity contribution is 5.57. The lowest BCUT2D eigenvalue weighted by atomic mass is 10.0. The second kappa shape index (κ2) is 18.7. The average molecular weight is 454 g/mol. The summed E-state index contributed by atoms with van der Waals surface area (Å²) in [5, 5.41) is 0. The number of hydrogen-bond donors (Lipinski definition) is 0. The number of hydrogen-bond acceptors (Lipinski definition) is 1. The Bertz CT molecular complexity index is 630. The highest BCUT2D eigenvalue weighted by atomic mass is 16.0. The molecule has 186 valence electrons. The molecule has 0 radical (unpaired) electrons. The zero-order valence-electron chi connectivity index (χ0n) is 21.7. The number of unbranched alkanes of at least 4 members (excludes halogenated alkanes) is 15. The van der Waals surface area contributed by atoms with Gasteiger partial charge in [0.2, 0.25) is 0 Å². The molecule has 0 heterocycles. The van der Waals surface area contributed by atoms with Crippen LogP contribution in [0.1, 0.15) is 110 Å². The Morgan fingerprint density at radius 3 is 1.09 bits per heavy atom. The first-order valence-electron chi connectivity index (χ1n) is 13.7. The van der Waals surface area contributed by atoms with Crippen LogP contribution in [-0.2, 0) is 0 Å². The van der Waals surface area contributed by atoms with Gasteiger partial charge in [0.05, 0.1) is 13.6 Å². The third kappa shape index (κ3) is 11.9. The van der Waals surface area contributed by atoms with E-state index in [2.05, 4.69) is 74.6 Å². The van der Waals surface area contributed by atoms with Gasteiger partial charge in [0.15, 0.2) is 0 Å². The van der Waals surface area contributed by atoms with Crippen LogP contribution in [-0.4, -0.2) is 19.1 Å². The zero-order valence-corrected chi connectivity index (χ0v) is 21.7. The van der Waals surface area contributed by atoms with E-state index in [1.54, 1.807) is 0 Å². The molecular weight excluding hydrogens is 402 g/mol. The van der Waals surface area contributed by atoms with Crippen LogP contribution in [0.25, 0.3) is 0 Å². The molecule has 0 aliphatic rings. The first-order chi connectivity index (χ1) is 15.8. The van der Waals surface area contributed by atoms with Crippen LogP contribution in [0.3, 0.4) is 0 Å². The largest absolute Gasteiger partial charge is 0.870 e. The number of nitrogens with zero attached hydrogens (tertiary/aromatic N) is 1. The topological polar surface area (TPSA) is 30.0 Å². The standard InChI is InChI=1S/C31H50N.H2O/c1-3-4-5-6-7-8-9-10-11-12-13-14-15-16-17-24-29-32(2,30-25-20-18-21-26-30)31-27-22-19-23-28-31;/h18-23,25-28H,3-17,24,29H2,1-2H3;1H2/q+1;/p-1. The van der Waals surface area contributed by atoms with Gasteiger partial charge in [-0.1, -0.05) is 133 Å². The van der Waals surface area contributed by atoms with Crippen LogP contribution in [0.2, 0.25) is 0 Å². The maximum atomic E-state index is 2.37. The Morgan fingerprint density at radius 1 is 0.455 bits per heavy atom. The molecule has 2 nitrogen and oxygen atoms in total. The Balaban J connectivity index is 0.00000544. The fourth-order valence-corrected chi connectivity index (χ4v) is 4.90. The molecule has 0 spiro atoms. The van der Waals surface area contributed by atoms with Gasteiger partial charge in [-0.05, 0) is 37.1 Å². The molecule has 33 heavy (non-hydrogen) atoms. The normalized spacial score (nSPS) is 11.3. The lowest BCUT2D eigenvalue weighted by Gasteiger charge is -2.33. The van der Waals surface area contributed by atoms with Gasteiger partial charge in [-0.15, -0.1) is 0 Å². The molecule has 2 heteroatoms. The number of benzene rings is 2. The van der Waals surface area contributed by atoms with E-state index in [0.717, 1.165) is 4.48 Å². The van der Waals surface area contributed by atoms with Crippen molar-refractivity contribution in [1.82, 2.24) is 4.48 Å². The molecule has 2 rings (SSSR count). The average Bonchev–Trinajstić information content (AvgIpc) is 2.84. The minimum absolute atomic E-state index is 0. The Labute approximate surface area is 205 Å². The summed E-state index contributed by atoms with van der Waals surface area (Å²) in [6.45, 7) is 3.47. The smallest absolute Gasteiger partial charge is 0.137 e. The molecule has 0 amide bonds. The van der Waals surface area contributed by atoms with Gasteiger partial charge >= 0.3 is 0 Å². The van der Waals surface area contributed by atoms with Crippen LogP contribution in [0.5, 0.6) is 0 Å². The highest BCUT2D eigenvalue weighted by Crippen LogP contribution is 2.33. The molecule has 2 aromatic rings. The minimum atomic E-state index is 0. The van der Waals surface area contributed by atoms with Crippen molar-refractivity contribution in [2.75, 3.05) is 13.6 Å². The van der Waals surface area contributed by atoms with Crippen molar-refractivity contribution >= 4 is 11.4 Å². The van der Waals surface area contributed by atoms with Crippen molar-refractivity contribution in [3.8, 4) is 0 Å². The lowest BCUT2D eigenvalue weighted by molar-refractivity contribution is 0.429. The van der Waals surface area contributed by atoms with Crippen molar-refractivity contribution in [3.05, 3.63) is 60.7 Å². The van der Waals surface area contributed by atoms with Crippen LogP contribution < -0.4 is 4.48 Å². The van der Waals surface area contributed by atoms with Crippen molar-refractivity contribution < 1.29 is 5.48 Å². The van der Waals surface area contributed by atoms with Crippen LogP contribution in [0.4, 0.5) is 11.4 Å². The van der Waals surface area contributed by atoms with Gasteiger partial charge in [0, 0.05) is 0 Å². The van der Waals surface area contributed by atoms with Crippen molar-refractivity contribution in [1.29, 1.82) is 0 Å². The maximum Gasteiger partial charge on any atom is 0.137 e. The maximum absolute atomic E-state index is 2.37. The third-order valence-electron chi connectivity index (χ3n) is 7.11. The molecule has 0 aliphatic heterocycles. The molecule has 0 saturated carbocycles. The Morgan fingerprint density at radius 2 is 0.758 bits per heavy atom. The SMILES string of the molecule is CCCCCCCCCCCCCCCCCC[N+](C)(c1ccccc1)c1ccccc1.[OH-]. The second-order valence-corrected chi connectivity index (χ2v) is 9.89. The molecular formula is C31H51NO. The van der Waals surface area contributed by atoms with Gasteiger partial charge < -0.3 is 5.48 Å². The summed E-state index contributed by atoms with van der Waals surface area (Å²) in [4.78, 5) is 0. The van der Waals surface area contributed by atoms with Crippen molar-refractivity contribution in [2.45, 2.75) is 110 Å². The van der Waals surface area contributed by atoms with Crippen LogP contribution in [0.15, 0.2) is 60.7 Å². The fraction of sp³-hybridized carbons (Fsp3) is 0.613. The number of quaternary nitrogens is 1. The van der Waals surface area contributed by atoms with Gasteiger partial charge in [-0.2, -0.15) is 0 Å². The fourth-order valence-electron chi connectivity index (χ4n) is 4.90. The molecule has 0 unspecified atom stereocenters. The van der Waals surface area contributed by atoms with E-state index in [1.807, 2.05) is 0 Å². The summed E-state index contributed by atoms with van der Waals surface area (Å²) in [5.74, 6) is 0. The quantitative estimate of drug-likeness (QED) is 0.154. The summed E-state index contributed by atoms with van der Waals surface area (Å²) in [6.07, 6.45) is 22.8. The van der Waals surface area contributed by atoms with Crippen molar-refractivity contribution in [2.24, 2.45) is 0 Å².